The molecule has 21 heavy (non-hydrogen) atoms. The minimum Gasteiger partial charge on any atom is -0.497 e. The summed E-state index contributed by atoms with van der Waals surface area (Å²) in [6, 6.07) is 5.65. The van der Waals surface area contributed by atoms with E-state index >= 15 is 0 Å². The molecule has 1 aromatic rings. The molecule has 1 saturated carbocycles. The number of hydrogen-bond acceptors (Lipinski definition) is 4. The predicted molar refractivity (Wildman–Crippen MR) is 87.7 cm³/mol. The molecule has 4 N–H and O–H groups in total. The second-order valence-electron chi connectivity index (χ2n) is 6.06. The summed E-state index contributed by atoms with van der Waals surface area (Å²) in [5.41, 5.74) is 7.51. The first-order valence-corrected chi connectivity index (χ1v) is 8.04. The molecule has 1 aliphatic rings. The number of aliphatic hydroxyl groups is 1. The Bertz CT molecular complexity index is 433. The summed E-state index contributed by atoms with van der Waals surface area (Å²) in [6.07, 6.45) is 8.99. The predicted octanol–water partition coefficient (Wildman–Crippen LogP) is 3.41. The van der Waals surface area contributed by atoms with Gasteiger partial charge in [-0.2, -0.15) is 0 Å². The lowest BCUT2D eigenvalue weighted by Gasteiger charge is -2.19. The summed E-state index contributed by atoms with van der Waals surface area (Å²) >= 11 is 0. The Balaban J connectivity index is 1.72. The molecule has 1 atom stereocenters. The molecule has 1 unspecified atom stereocenters. The van der Waals surface area contributed by atoms with Gasteiger partial charge in [0.2, 0.25) is 0 Å². The average Bonchev–Trinajstić information content (AvgIpc) is 3.31. The Kier molecular flexibility index (Phi) is 6.18. The highest BCUT2D eigenvalue weighted by Crippen LogP contribution is 2.34. The Hall–Kier alpha value is -1.42. The van der Waals surface area contributed by atoms with Gasteiger partial charge in [-0.05, 0) is 24.5 Å². The van der Waals surface area contributed by atoms with E-state index in [1.807, 2.05) is 12.1 Å². The van der Waals surface area contributed by atoms with Crippen LogP contribution < -0.4 is 15.8 Å². The maximum atomic E-state index is 9.51. The molecule has 1 aromatic carbocycles. The molecular weight excluding hydrogens is 264 g/mol. The van der Waals surface area contributed by atoms with Crippen molar-refractivity contribution < 1.29 is 9.84 Å². The van der Waals surface area contributed by atoms with E-state index < -0.39 is 0 Å². The normalized spacial score (nSPS) is 15.7. The number of hydrogen-bond donors (Lipinski definition) is 3. The summed E-state index contributed by atoms with van der Waals surface area (Å²) in [5, 5.41) is 12.8. The third kappa shape index (κ3) is 5.46. The first-order chi connectivity index (χ1) is 10.2. The molecule has 4 nitrogen and oxygen atoms in total. The minimum absolute atomic E-state index is 0.0709. The number of nitrogens with one attached hydrogen (secondary N) is 1. The molecule has 0 saturated heterocycles. The standard InChI is InChI=1S/C17H28N2O2/c1-21-15-9-10-17(16(18)11-15)19-14(12-20)6-4-2-3-5-13-7-8-13/h9-11,13-14,19-20H,2-8,12,18H2,1H3. The monoisotopic (exact) mass is 292 g/mol. The number of methoxy groups -OCH3 is 1. The van der Waals surface area contributed by atoms with E-state index in [0.29, 0.717) is 5.69 Å². The van der Waals surface area contributed by atoms with Crippen LogP contribution in [-0.2, 0) is 0 Å². The first-order valence-electron chi connectivity index (χ1n) is 8.04. The van der Waals surface area contributed by atoms with Crippen LogP contribution in [0.15, 0.2) is 18.2 Å². The molecule has 0 amide bonds. The van der Waals surface area contributed by atoms with Crippen LogP contribution in [0.3, 0.4) is 0 Å². The summed E-state index contributed by atoms with van der Waals surface area (Å²) in [6.45, 7) is 0.133. The molecule has 0 aromatic heterocycles. The number of benzene rings is 1. The van der Waals surface area contributed by atoms with E-state index in [4.69, 9.17) is 10.5 Å². The topological polar surface area (TPSA) is 67.5 Å². The maximum Gasteiger partial charge on any atom is 0.121 e. The van der Waals surface area contributed by atoms with Gasteiger partial charge in [0.1, 0.15) is 5.75 Å². The number of unbranched alkanes of at least 4 members (excludes halogenated alkanes) is 2. The van der Waals surface area contributed by atoms with Crippen LogP contribution >= 0.6 is 0 Å². The van der Waals surface area contributed by atoms with Gasteiger partial charge in [-0.1, -0.05) is 38.5 Å². The van der Waals surface area contributed by atoms with Crippen molar-refractivity contribution in [2.24, 2.45) is 5.92 Å². The number of nitrogen functional groups attached to an aromatic ring is 1. The quantitative estimate of drug-likeness (QED) is 0.456. The Morgan fingerprint density at radius 3 is 2.76 bits per heavy atom. The van der Waals surface area contributed by atoms with Crippen molar-refractivity contribution in [1.29, 1.82) is 0 Å². The van der Waals surface area contributed by atoms with Crippen molar-refractivity contribution in [2.75, 3.05) is 24.8 Å². The molecule has 1 fully saturated rings. The third-order valence-electron chi connectivity index (χ3n) is 4.20. The van der Waals surface area contributed by atoms with Crippen molar-refractivity contribution >= 4 is 11.4 Å². The van der Waals surface area contributed by atoms with Gasteiger partial charge in [-0.15, -0.1) is 0 Å². The number of ether oxygens (including phenoxy) is 1. The van der Waals surface area contributed by atoms with Gasteiger partial charge in [0, 0.05) is 12.1 Å². The van der Waals surface area contributed by atoms with Crippen molar-refractivity contribution in [1.82, 2.24) is 0 Å². The molecule has 0 aliphatic heterocycles. The smallest absolute Gasteiger partial charge is 0.121 e. The molecule has 2 rings (SSSR count). The molecule has 118 valence electrons. The highest BCUT2D eigenvalue weighted by molar-refractivity contribution is 5.68. The summed E-state index contributed by atoms with van der Waals surface area (Å²) in [4.78, 5) is 0. The number of nitrogens with two attached hydrogens (primary N) is 1. The van der Waals surface area contributed by atoms with E-state index in [2.05, 4.69) is 5.32 Å². The lowest BCUT2D eigenvalue weighted by Crippen LogP contribution is -2.24. The third-order valence-corrected chi connectivity index (χ3v) is 4.20. The summed E-state index contributed by atoms with van der Waals surface area (Å²) < 4.78 is 5.14. The van der Waals surface area contributed by atoms with Gasteiger partial charge >= 0.3 is 0 Å². The van der Waals surface area contributed by atoms with Crippen molar-refractivity contribution in [2.45, 2.75) is 51.0 Å². The minimum atomic E-state index is 0.0709. The van der Waals surface area contributed by atoms with Crippen LogP contribution in [0.1, 0.15) is 44.9 Å². The van der Waals surface area contributed by atoms with Gasteiger partial charge < -0.3 is 20.9 Å². The van der Waals surface area contributed by atoms with E-state index in [1.165, 1.54) is 32.1 Å². The Morgan fingerprint density at radius 2 is 2.14 bits per heavy atom. The van der Waals surface area contributed by atoms with E-state index in [0.717, 1.165) is 30.2 Å². The average molecular weight is 292 g/mol. The number of aliphatic hydroxyl groups excluding tert-OH is 1. The summed E-state index contributed by atoms with van der Waals surface area (Å²) in [7, 11) is 1.63. The Morgan fingerprint density at radius 1 is 1.33 bits per heavy atom. The highest BCUT2D eigenvalue weighted by atomic mass is 16.5. The van der Waals surface area contributed by atoms with E-state index in [1.54, 1.807) is 13.2 Å². The van der Waals surface area contributed by atoms with Crippen LogP contribution in [0.25, 0.3) is 0 Å². The second kappa shape index (κ2) is 8.13. The zero-order valence-electron chi connectivity index (χ0n) is 13.0. The van der Waals surface area contributed by atoms with Crippen molar-refractivity contribution in [3.05, 3.63) is 18.2 Å². The molecule has 4 heteroatoms. The van der Waals surface area contributed by atoms with Gasteiger partial charge in [0.15, 0.2) is 0 Å². The Labute approximate surface area is 127 Å². The highest BCUT2D eigenvalue weighted by Gasteiger charge is 2.20. The largest absolute Gasteiger partial charge is 0.497 e. The number of rotatable bonds is 10. The molecule has 0 heterocycles. The molecule has 0 bridgehead atoms. The van der Waals surface area contributed by atoms with Crippen LogP contribution in [0.2, 0.25) is 0 Å². The van der Waals surface area contributed by atoms with Crippen LogP contribution in [-0.4, -0.2) is 24.9 Å². The fourth-order valence-corrected chi connectivity index (χ4v) is 2.64. The van der Waals surface area contributed by atoms with Crippen molar-refractivity contribution in [3.8, 4) is 5.75 Å². The zero-order valence-corrected chi connectivity index (χ0v) is 13.0. The van der Waals surface area contributed by atoms with E-state index in [9.17, 15) is 5.11 Å². The molecule has 0 spiro atoms. The summed E-state index contributed by atoms with van der Waals surface area (Å²) in [5.74, 6) is 1.77. The zero-order chi connectivity index (χ0) is 15.1. The molecule has 1 aliphatic carbocycles. The van der Waals surface area contributed by atoms with Gasteiger partial charge in [0.05, 0.1) is 25.1 Å². The van der Waals surface area contributed by atoms with Gasteiger partial charge in [0.25, 0.3) is 0 Å². The van der Waals surface area contributed by atoms with E-state index in [-0.39, 0.29) is 12.6 Å². The lowest BCUT2D eigenvalue weighted by atomic mass is 10.1. The molecular formula is C17H28N2O2. The first kappa shape index (κ1) is 16.0. The fourth-order valence-electron chi connectivity index (χ4n) is 2.64. The van der Waals surface area contributed by atoms with Crippen molar-refractivity contribution in [3.63, 3.8) is 0 Å². The van der Waals surface area contributed by atoms with Gasteiger partial charge in [-0.25, -0.2) is 0 Å². The SMILES string of the molecule is COc1ccc(NC(CO)CCCCCC2CC2)c(N)c1. The second-order valence-corrected chi connectivity index (χ2v) is 6.06. The number of anilines is 2. The fraction of sp³-hybridized carbons (Fsp3) is 0.647. The van der Waals surface area contributed by atoms with Gasteiger partial charge in [-0.3, -0.25) is 0 Å². The lowest BCUT2D eigenvalue weighted by molar-refractivity contribution is 0.266. The van der Waals surface area contributed by atoms with Crippen LogP contribution in [0.4, 0.5) is 11.4 Å². The van der Waals surface area contributed by atoms with Crippen LogP contribution in [0.5, 0.6) is 5.75 Å². The molecule has 0 radical (unpaired) electrons. The van der Waals surface area contributed by atoms with Crippen LogP contribution in [0, 0.1) is 5.92 Å². The maximum absolute atomic E-state index is 9.51.